The number of nitrogens with one attached hydrogen (secondary N) is 1. The Bertz CT molecular complexity index is 1160. The van der Waals surface area contributed by atoms with Crippen molar-refractivity contribution in [1.82, 2.24) is 10.2 Å². The predicted molar refractivity (Wildman–Crippen MR) is 150 cm³/mol. The third-order valence-corrected chi connectivity index (χ3v) is 7.88. The zero-order valence-corrected chi connectivity index (χ0v) is 23.5. The van der Waals surface area contributed by atoms with Gasteiger partial charge in [-0.05, 0) is 80.8 Å². The number of rotatable bonds is 5. The zero-order valence-electron chi connectivity index (χ0n) is 22.7. The molecule has 4 rings (SSSR count). The summed E-state index contributed by atoms with van der Waals surface area (Å²) in [4.78, 5) is 0. The fourth-order valence-corrected chi connectivity index (χ4v) is 4.84. The lowest BCUT2D eigenvalue weighted by atomic mass is 9.65. The average Bonchev–Trinajstić information content (AvgIpc) is 2.84. The monoisotopic (exact) mass is 492 g/mol. The van der Waals surface area contributed by atoms with Crippen LogP contribution >= 0.6 is 11.6 Å². The van der Waals surface area contributed by atoms with E-state index in [1.807, 2.05) is 65.0 Å². The first-order valence-electron chi connectivity index (χ1n) is 12.9. The highest BCUT2D eigenvalue weighted by atomic mass is 35.5. The number of aromatic nitrogens is 2. The molecule has 1 fully saturated rings. The van der Waals surface area contributed by atoms with Gasteiger partial charge in [0.05, 0.1) is 23.4 Å². The van der Waals surface area contributed by atoms with Crippen LogP contribution in [-0.4, -0.2) is 10.2 Å². The topological polar surface area (TPSA) is 61.6 Å². The SMILES string of the molecule is CC.CCC1(CC)CCC1.Cc1cc2c(N[C@H](C)c3cccc(C#N)c3C)nnc(C)c2cc1Cl. The predicted octanol–water partition coefficient (Wildman–Crippen LogP) is 9.26. The van der Waals surface area contributed by atoms with E-state index in [0.29, 0.717) is 5.56 Å². The van der Waals surface area contributed by atoms with E-state index in [1.54, 1.807) is 0 Å². The third-order valence-electron chi connectivity index (χ3n) is 7.47. The van der Waals surface area contributed by atoms with Crippen LogP contribution in [0, 0.1) is 37.5 Å². The van der Waals surface area contributed by atoms with Crippen LogP contribution in [0.5, 0.6) is 0 Å². The lowest BCUT2D eigenvalue weighted by molar-refractivity contribution is 0.121. The molecule has 5 heteroatoms. The van der Waals surface area contributed by atoms with Gasteiger partial charge in [-0.2, -0.15) is 10.4 Å². The van der Waals surface area contributed by atoms with E-state index in [2.05, 4.69) is 42.4 Å². The molecule has 1 atom stereocenters. The Morgan fingerprint density at radius 3 is 2.23 bits per heavy atom. The van der Waals surface area contributed by atoms with Crippen LogP contribution in [0.3, 0.4) is 0 Å². The third kappa shape index (κ3) is 6.53. The Hall–Kier alpha value is -2.64. The Morgan fingerprint density at radius 2 is 1.71 bits per heavy atom. The summed E-state index contributed by atoms with van der Waals surface area (Å²) in [7, 11) is 0. The first kappa shape index (κ1) is 28.6. The van der Waals surface area contributed by atoms with E-state index >= 15 is 0 Å². The van der Waals surface area contributed by atoms with E-state index in [0.717, 1.165) is 49.4 Å². The molecule has 0 radical (unpaired) electrons. The summed E-state index contributed by atoms with van der Waals surface area (Å²) in [5.41, 5.74) is 5.39. The molecule has 35 heavy (non-hydrogen) atoms. The zero-order chi connectivity index (χ0) is 26.2. The van der Waals surface area contributed by atoms with E-state index in [9.17, 15) is 5.26 Å². The average molecular weight is 493 g/mol. The molecule has 2 aromatic carbocycles. The van der Waals surface area contributed by atoms with Gasteiger partial charge in [0.15, 0.2) is 5.82 Å². The Kier molecular flexibility index (Phi) is 10.5. The molecular weight excluding hydrogens is 452 g/mol. The molecule has 1 aliphatic rings. The molecule has 188 valence electrons. The van der Waals surface area contributed by atoms with Gasteiger partial charge in [0.1, 0.15) is 0 Å². The number of hydrogen-bond acceptors (Lipinski definition) is 4. The number of hydrogen-bond donors (Lipinski definition) is 1. The van der Waals surface area contributed by atoms with Crippen molar-refractivity contribution in [1.29, 1.82) is 5.26 Å². The quantitative estimate of drug-likeness (QED) is 0.385. The Balaban J connectivity index is 0.000000363. The summed E-state index contributed by atoms with van der Waals surface area (Å²) in [5, 5.41) is 24.0. The van der Waals surface area contributed by atoms with Crippen LogP contribution in [0.1, 0.15) is 101 Å². The van der Waals surface area contributed by atoms with Gasteiger partial charge in [-0.25, -0.2) is 0 Å². The molecule has 0 amide bonds. The summed E-state index contributed by atoms with van der Waals surface area (Å²) in [6.07, 6.45) is 7.30. The van der Waals surface area contributed by atoms with Gasteiger partial charge in [-0.15, -0.1) is 5.10 Å². The van der Waals surface area contributed by atoms with E-state index in [-0.39, 0.29) is 6.04 Å². The van der Waals surface area contributed by atoms with Gasteiger partial charge in [0.2, 0.25) is 0 Å². The maximum atomic E-state index is 9.24. The minimum Gasteiger partial charge on any atom is -0.362 e. The van der Waals surface area contributed by atoms with Crippen molar-refractivity contribution >= 4 is 28.2 Å². The highest BCUT2D eigenvalue weighted by Crippen LogP contribution is 2.46. The summed E-state index contributed by atoms with van der Waals surface area (Å²) in [5.74, 6) is 0.717. The van der Waals surface area contributed by atoms with Crippen molar-refractivity contribution in [3.05, 3.63) is 63.3 Å². The number of fused-ring (bicyclic) bond motifs is 1. The number of anilines is 1. The molecule has 0 aliphatic heterocycles. The van der Waals surface area contributed by atoms with Crippen molar-refractivity contribution in [3.8, 4) is 6.07 Å². The number of benzene rings is 2. The van der Waals surface area contributed by atoms with Crippen LogP contribution in [0.4, 0.5) is 5.82 Å². The molecule has 1 heterocycles. The molecule has 0 unspecified atom stereocenters. The van der Waals surface area contributed by atoms with Gasteiger partial charge in [0.25, 0.3) is 0 Å². The molecule has 1 aromatic heterocycles. The highest BCUT2D eigenvalue weighted by molar-refractivity contribution is 6.32. The second kappa shape index (κ2) is 12.9. The van der Waals surface area contributed by atoms with Crippen molar-refractivity contribution in [2.45, 2.75) is 93.5 Å². The Labute approximate surface area is 217 Å². The van der Waals surface area contributed by atoms with Crippen molar-refractivity contribution in [2.24, 2.45) is 5.41 Å². The van der Waals surface area contributed by atoms with Gasteiger partial charge in [-0.1, -0.05) is 70.7 Å². The van der Waals surface area contributed by atoms with Crippen molar-refractivity contribution < 1.29 is 0 Å². The van der Waals surface area contributed by atoms with Crippen LogP contribution in [-0.2, 0) is 0 Å². The van der Waals surface area contributed by atoms with Crippen LogP contribution < -0.4 is 5.32 Å². The second-order valence-electron chi connectivity index (χ2n) is 9.34. The standard InChI is InChI=1S/C20H19ClN4.C8H16.C2H6/c1-11-8-18-17(9-19(11)21)14(4)24-25-20(18)23-13(3)16-7-5-6-15(10-22)12(16)2;1-3-8(4-2)6-5-7-8;1-2/h5-9,13H,1-4H3,(H,23,25);3-7H2,1-2H3;1-2H3/t13-;;/m1../s1. The molecule has 0 saturated heterocycles. The fraction of sp³-hybridized carbons (Fsp3) is 0.500. The van der Waals surface area contributed by atoms with Crippen LogP contribution in [0.2, 0.25) is 5.02 Å². The van der Waals surface area contributed by atoms with Gasteiger partial charge in [0, 0.05) is 15.8 Å². The Morgan fingerprint density at radius 1 is 1.06 bits per heavy atom. The summed E-state index contributed by atoms with van der Waals surface area (Å²) in [6, 6.07) is 12.0. The van der Waals surface area contributed by atoms with Gasteiger partial charge >= 0.3 is 0 Å². The van der Waals surface area contributed by atoms with E-state index < -0.39 is 0 Å². The molecule has 0 bridgehead atoms. The largest absolute Gasteiger partial charge is 0.362 e. The number of halogens is 1. The molecule has 1 saturated carbocycles. The second-order valence-corrected chi connectivity index (χ2v) is 9.75. The van der Waals surface area contributed by atoms with Crippen molar-refractivity contribution in [2.75, 3.05) is 5.32 Å². The molecule has 4 nitrogen and oxygen atoms in total. The van der Waals surface area contributed by atoms with Gasteiger partial charge in [-0.3, -0.25) is 0 Å². The highest BCUT2D eigenvalue weighted by Gasteiger charge is 2.32. The minimum absolute atomic E-state index is 0.00973. The first-order valence-corrected chi connectivity index (χ1v) is 13.3. The fourth-order valence-electron chi connectivity index (χ4n) is 4.68. The maximum Gasteiger partial charge on any atom is 0.157 e. The summed E-state index contributed by atoms with van der Waals surface area (Å²) < 4.78 is 0. The lowest BCUT2D eigenvalue weighted by Gasteiger charge is -2.40. The van der Waals surface area contributed by atoms with Crippen LogP contribution in [0.15, 0.2) is 30.3 Å². The molecule has 1 N–H and O–H groups in total. The molecular formula is C30H41ClN4. The van der Waals surface area contributed by atoms with E-state index in [4.69, 9.17) is 11.6 Å². The maximum absolute atomic E-state index is 9.24. The van der Waals surface area contributed by atoms with Crippen molar-refractivity contribution in [3.63, 3.8) is 0 Å². The molecule has 3 aromatic rings. The number of nitriles is 1. The molecule has 1 aliphatic carbocycles. The smallest absolute Gasteiger partial charge is 0.157 e. The number of nitrogens with zero attached hydrogens (tertiary/aromatic N) is 3. The normalized spacial score (nSPS) is 14.4. The van der Waals surface area contributed by atoms with Gasteiger partial charge < -0.3 is 5.32 Å². The van der Waals surface area contributed by atoms with Crippen LogP contribution in [0.25, 0.3) is 10.8 Å². The number of aryl methyl sites for hydroxylation is 2. The summed E-state index contributed by atoms with van der Waals surface area (Å²) in [6.45, 7) is 16.6. The summed E-state index contributed by atoms with van der Waals surface area (Å²) >= 11 is 6.27. The first-order chi connectivity index (χ1) is 16.7. The molecule has 0 spiro atoms. The van der Waals surface area contributed by atoms with E-state index in [1.165, 1.54) is 32.1 Å². The lowest BCUT2D eigenvalue weighted by Crippen LogP contribution is -2.27. The minimum atomic E-state index is -0.00973.